The molecule has 0 spiro atoms. The number of hydrogen-bond acceptors (Lipinski definition) is 2. The first-order valence-electron chi connectivity index (χ1n) is 6.65. The molecule has 0 saturated carbocycles. The molecule has 0 aliphatic heterocycles. The van der Waals surface area contributed by atoms with E-state index in [-0.39, 0.29) is 16.8 Å². The maximum absolute atomic E-state index is 12.8. The zero-order valence-corrected chi connectivity index (χ0v) is 12.5. The van der Waals surface area contributed by atoms with Crippen molar-refractivity contribution in [1.82, 2.24) is 4.98 Å². The summed E-state index contributed by atoms with van der Waals surface area (Å²) in [6.45, 7) is 1.85. The fourth-order valence-electron chi connectivity index (χ4n) is 2.27. The fraction of sp³-hybridized carbons (Fsp3) is 0.118. The molecule has 0 N–H and O–H groups in total. The lowest BCUT2D eigenvalue weighted by atomic mass is 10.1. The summed E-state index contributed by atoms with van der Waals surface area (Å²) in [5.41, 5.74) is -2.11. The van der Waals surface area contributed by atoms with E-state index >= 15 is 0 Å². The highest BCUT2D eigenvalue weighted by molar-refractivity contribution is 8.00. The number of alkyl halides is 3. The molecular formula is C17H12F3NS. The Bertz CT molecular complexity index is 813. The van der Waals surface area contributed by atoms with Crippen molar-refractivity contribution in [2.45, 2.75) is 17.5 Å². The molecule has 2 aromatic carbocycles. The van der Waals surface area contributed by atoms with Gasteiger partial charge in [0.15, 0.2) is 0 Å². The summed E-state index contributed by atoms with van der Waals surface area (Å²) in [7, 11) is 0. The van der Waals surface area contributed by atoms with E-state index in [0.29, 0.717) is 11.1 Å². The topological polar surface area (TPSA) is 12.9 Å². The van der Waals surface area contributed by atoms with Gasteiger partial charge in [0.2, 0.25) is 0 Å². The van der Waals surface area contributed by atoms with Crippen LogP contribution in [0.2, 0.25) is 0 Å². The van der Waals surface area contributed by atoms with Crippen molar-refractivity contribution in [3.63, 3.8) is 0 Å². The van der Waals surface area contributed by atoms with Gasteiger partial charge in [-0.25, -0.2) is 4.98 Å². The summed E-state index contributed by atoms with van der Waals surface area (Å²) in [5.74, 6) is 0. The van der Waals surface area contributed by atoms with E-state index < -0.39 is 5.51 Å². The summed E-state index contributed by atoms with van der Waals surface area (Å²) >= 11 is -0.163. The molecule has 5 heteroatoms. The normalized spacial score (nSPS) is 11.8. The monoisotopic (exact) mass is 319 g/mol. The summed E-state index contributed by atoms with van der Waals surface area (Å²) < 4.78 is 38.5. The molecule has 0 aliphatic rings. The minimum atomic E-state index is -4.36. The highest BCUT2D eigenvalue weighted by Crippen LogP contribution is 2.40. The maximum atomic E-state index is 12.8. The van der Waals surface area contributed by atoms with Gasteiger partial charge in [0.05, 0.1) is 5.69 Å². The van der Waals surface area contributed by atoms with Crippen LogP contribution in [0.15, 0.2) is 59.6 Å². The van der Waals surface area contributed by atoms with Gasteiger partial charge in [-0.3, -0.25) is 0 Å². The second kappa shape index (κ2) is 5.65. The first-order chi connectivity index (χ1) is 10.4. The van der Waals surface area contributed by atoms with E-state index in [0.717, 1.165) is 16.5 Å². The molecule has 1 heterocycles. The lowest BCUT2D eigenvalue weighted by Crippen LogP contribution is -2.01. The van der Waals surface area contributed by atoms with Crippen molar-refractivity contribution in [3.8, 4) is 11.3 Å². The molecule has 0 atom stereocenters. The van der Waals surface area contributed by atoms with Gasteiger partial charge in [0.25, 0.3) is 0 Å². The minimum Gasteiger partial charge on any atom is -0.240 e. The van der Waals surface area contributed by atoms with Crippen LogP contribution in [0.3, 0.4) is 0 Å². The molecule has 22 heavy (non-hydrogen) atoms. The van der Waals surface area contributed by atoms with Crippen LogP contribution in [0.5, 0.6) is 0 Å². The quantitative estimate of drug-likeness (QED) is 0.552. The first-order valence-corrected chi connectivity index (χ1v) is 7.46. The zero-order chi connectivity index (χ0) is 15.7. The Hall–Kier alpha value is -2.01. The average Bonchev–Trinajstić information content (AvgIpc) is 2.47. The molecule has 3 rings (SSSR count). The Morgan fingerprint density at radius 2 is 1.68 bits per heavy atom. The Kier molecular flexibility index (Phi) is 3.83. The van der Waals surface area contributed by atoms with E-state index in [1.807, 2.05) is 55.5 Å². The van der Waals surface area contributed by atoms with Crippen molar-refractivity contribution in [2.24, 2.45) is 0 Å². The van der Waals surface area contributed by atoms with Gasteiger partial charge in [-0.1, -0.05) is 48.0 Å². The SMILES string of the molecule is Cc1ccc2cc(-c3ccccc3)nc(SC(F)(F)F)c2c1. The zero-order valence-electron chi connectivity index (χ0n) is 11.7. The van der Waals surface area contributed by atoms with Crippen molar-refractivity contribution in [2.75, 3.05) is 0 Å². The predicted octanol–water partition coefficient (Wildman–Crippen LogP) is 5.82. The number of aromatic nitrogens is 1. The highest BCUT2D eigenvalue weighted by Gasteiger charge is 2.31. The van der Waals surface area contributed by atoms with Crippen LogP contribution in [0.1, 0.15) is 5.56 Å². The summed E-state index contributed by atoms with van der Waals surface area (Å²) in [5, 5.41) is 1.28. The number of rotatable bonds is 2. The minimum absolute atomic E-state index is 0.00690. The predicted molar refractivity (Wildman–Crippen MR) is 83.8 cm³/mol. The van der Waals surface area contributed by atoms with E-state index in [1.54, 1.807) is 6.07 Å². The molecule has 0 fully saturated rings. The number of fused-ring (bicyclic) bond motifs is 1. The Labute approximate surface area is 130 Å². The Morgan fingerprint density at radius 3 is 2.36 bits per heavy atom. The second-order valence-electron chi connectivity index (χ2n) is 4.95. The number of nitrogens with zero attached hydrogens (tertiary/aromatic N) is 1. The molecule has 0 bridgehead atoms. The molecule has 0 saturated heterocycles. The van der Waals surface area contributed by atoms with E-state index in [9.17, 15) is 13.2 Å². The molecule has 1 nitrogen and oxygen atoms in total. The van der Waals surface area contributed by atoms with Crippen molar-refractivity contribution in [3.05, 3.63) is 60.2 Å². The van der Waals surface area contributed by atoms with Crippen LogP contribution in [0.4, 0.5) is 13.2 Å². The molecule has 0 amide bonds. The third-order valence-electron chi connectivity index (χ3n) is 3.24. The number of halogens is 3. The van der Waals surface area contributed by atoms with Crippen molar-refractivity contribution < 1.29 is 13.2 Å². The molecule has 112 valence electrons. The summed E-state index contributed by atoms with van der Waals surface area (Å²) in [6.07, 6.45) is 0. The average molecular weight is 319 g/mol. The lowest BCUT2D eigenvalue weighted by Gasteiger charge is -2.11. The van der Waals surface area contributed by atoms with Gasteiger partial charge in [-0.15, -0.1) is 0 Å². The smallest absolute Gasteiger partial charge is 0.240 e. The van der Waals surface area contributed by atoms with Gasteiger partial charge in [0.1, 0.15) is 5.03 Å². The van der Waals surface area contributed by atoms with Crippen LogP contribution in [-0.4, -0.2) is 10.5 Å². The standard InChI is InChI=1S/C17H12F3NS/c1-11-7-8-13-10-15(12-5-3-2-4-6-12)21-16(14(13)9-11)22-17(18,19)20/h2-10H,1H3. The molecule has 3 aromatic rings. The summed E-state index contributed by atoms with van der Waals surface area (Å²) in [4.78, 5) is 4.24. The molecule has 1 aromatic heterocycles. The lowest BCUT2D eigenvalue weighted by molar-refractivity contribution is -0.0328. The van der Waals surface area contributed by atoms with Crippen LogP contribution in [-0.2, 0) is 0 Å². The number of pyridine rings is 1. The van der Waals surface area contributed by atoms with Crippen LogP contribution in [0.25, 0.3) is 22.0 Å². The second-order valence-corrected chi connectivity index (χ2v) is 6.00. The molecule has 0 unspecified atom stereocenters. The number of benzene rings is 2. The fourth-order valence-corrected chi connectivity index (χ4v) is 2.92. The van der Waals surface area contributed by atoms with Gasteiger partial charge in [-0.05, 0) is 24.4 Å². The maximum Gasteiger partial charge on any atom is 0.447 e. The third kappa shape index (κ3) is 3.25. The Balaban J connectivity index is 2.22. The van der Waals surface area contributed by atoms with Crippen molar-refractivity contribution in [1.29, 1.82) is 0 Å². The van der Waals surface area contributed by atoms with Gasteiger partial charge >= 0.3 is 5.51 Å². The number of aryl methyl sites for hydroxylation is 1. The largest absolute Gasteiger partial charge is 0.447 e. The van der Waals surface area contributed by atoms with Crippen molar-refractivity contribution >= 4 is 22.5 Å². The van der Waals surface area contributed by atoms with Gasteiger partial charge < -0.3 is 0 Å². The first kappa shape index (κ1) is 14.9. The van der Waals surface area contributed by atoms with E-state index in [2.05, 4.69) is 4.98 Å². The van der Waals surface area contributed by atoms with E-state index in [1.165, 1.54) is 0 Å². The Morgan fingerprint density at radius 1 is 0.955 bits per heavy atom. The van der Waals surface area contributed by atoms with Crippen LogP contribution < -0.4 is 0 Å². The van der Waals surface area contributed by atoms with Crippen LogP contribution in [0, 0.1) is 6.92 Å². The highest BCUT2D eigenvalue weighted by atomic mass is 32.2. The summed E-state index contributed by atoms with van der Waals surface area (Å²) in [6, 6.07) is 16.5. The molecule has 0 radical (unpaired) electrons. The van der Waals surface area contributed by atoms with Gasteiger partial charge in [-0.2, -0.15) is 13.2 Å². The van der Waals surface area contributed by atoms with E-state index in [4.69, 9.17) is 0 Å². The number of hydrogen-bond donors (Lipinski definition) is 0. The number of thioether (sulfide) groups is 1. The van der Waals surface area contributed by atoms with Crippen LogP contribution >= 0.6 is 11.8 Å². The molecular weight excluding hydrogens is 307 g/mol. The third-order valence-corrected chi connectivity index (χ3v) is 3.97. The van der Waals surface area contributed by atoms with Gasteiger partial charge in [0, 0.05) is 22.7 Å². The molecule has 0 aliphatic carbocycles.